The van der Waals surface area contributed by atoms with Gasteiger partial charge in [0.15, 0.2) is 0 Å². The number of hydrogen-bond donors (Lipinski definition) is 0. The Kier molecular flexibility index (Phi) is 8.83. The Morgan fingerprint density at radius 1 is 0.286 bits per heavy atom. The zero-order valence-electron chi connectivity index (χ0n) is 34.4. The van der Waals surface area contributed by atoms with Crippen molar-refractivity contribution >= 4 is 43.5 Å². The van der Waals surface area contributed by atoms with Crippen molar-refractivity contribution in [1.82, 2.24) is 14.5 Å². The Balaban J connectivity index is 1.05. The first-order valence-corrected chi connectivity index (χ1v) is 21.5. The Hall–Kier alpha value is -8.40. The summed E-state index contributed by atoms with van der Waals surface area (Å²) in [6.45, 7) is 0. The summed E-state index contributed by atoms with van der Waals surface area (Å²) in [5.74, 6) is 0. The molecule has 0 radical (unpaired) electrons. The van der Waals surface area contributed by atoms with E-state index in [-0.39, 0.29) is 0 Å². The number of nitrogens with zero attached hydrogens (tertiary/aromatic N) is 3. The molecule has 9 aromatic carbocycles. The van der Waals surface area contributed by atoms with Gasteiger partial charge in [-0.2, -0.15) is 0 Å². The zero-order chi connectivity index (χ0) is 41.7. The van der Waals surface area contributed by atoms with Gasteiger partial charge in [0, 0.05) is 44.1 Å². The van der Waals surface area contributed by atoms with E-state index in [0.29, 0.717) is 0 Å². The standard InChI is InChI=1S/C60H39N3/c1-4-18-40(19-5-1)52-39-56(42-22-8-3-9-23-42)62-60-53(36-45-24-10-11-29-49(45)59(52)60)44-26-16-25-43(34-44)47-37-54(41-20-6-2-7-21-41)61-55(38-47)46-27-17-28-48(35-46)63-57-32-14-12-30-50(57)51-31-13-15-33-58(51)63/h1-39H. The van der Waals surface area contributed by atoms with Crippen LogP contribution < -0.4 is 0 Å². The van der Waals surface area contributed by atoms with Gasteiger partial charge in [-0.25, -0.2) is 9.97 Å². The smallest absolute Gasteiger partial charge is 0.0800 e. The number of pyridine rings is 2. The van der Waals surface area contributed by atoms with E-state index in [9.17, 15) is 0 Å². The van der Waals surface area contributed by atoms with Gasteiger partial charge in [0.2, 0.25) is 0 Å². The van der Waals surface area contributed by atoms with Crippen molar-refractivity contribution in [3.05, 3.63) is 237 Å². The predicted octanol–water partition coefficient (Wildman–Crippen LogP) is 15.9. The molecule has 0 aliphatic rings. The summed E-state index contributed by atoms with van der Waals surface area (Å²) in [6.07, 6.45) is 0. The molecule has 0 saturated heterocycles. The number of rotatable bonds is 7. The lowest BCUT2D eigenvalue weighted by Crippen LogP contribution is -1.96. The first-order chi connectivity index (χ1) is 31.2. The maximum atomic E-state index is 5.52. The van der Waals surface area contributed by atoms with Crippen LogP contribution in [-0.4, -0.2) is 14.5 Å². The van der Waals surface area contributed by atoms with Crippen molar-refractivity contribution in [3.8, 4) is 72.8 Å². The first kappa shape index (κ1) is 36.5. The number of para-hydroxylation sites is 2. The average molecular weight is 802 g/mol. The lowest BCUT2D eigenvalue weighted by Gasteiger charge is -2.17. The van der Waals surface area contributed by atoms with E-state index < -0.39 is 0 Å². The van der Waals surface area contributed by atoms with Crippen molar-refractivity contribution < 1.29 is 0 Å². The summed E-state index contributed by atoms with van der Waals surface area (Å²) < 4.78 is 2.37. The molecule has 12 aromatic rings. The van der Waals surface area contributed by atoms with Crippen LogP contribution in [0.5, 0.6) is 0 Å². The maximum absolute atomic E-state index is 5.52. The van der Waals surface area contributed by atoms with Crippen molar-refractivity contribution in [2.24, 2.45) is 0 Å². The highest BCUT2D eigenvalue weighted by atomic mass is 15.0. The Labute approximate surface area is 365 Å². The summed E-state index contributed by atoms with van der Waals surface area (Å²) in [5.41, 5.74) is 17.2. The molecule has 0 amide bonds. The van der Waals surface area contributed by atoms with Crippen LogP contribution in [0, 0.1) is 0 Å². The predicted molar refractivity (Wildman–Crippen MR) is 264 cm³/mol. The molecule has 3 heteroatoms. The molecular weight excluding hydrogens is 763 g/mol. The fourth-order valence-corrected chi connectivity index (χ4v) is 9.38. The second-order valence-electron chi connectivity index (χ2n) is 16.1. The number of hydrogen-bond acceptors (Lipinski definition) is 2. The molecule has 0 aliphatic carbocycles. The van der Waals surface area contributed by atoms with Crippen LogP contribution in [0.1, 0.15) is 0 Å². The van der Waals surface area contributed by atoms with Gasteiger partial charge >= 0.3 is 0 Å². The molecular formula is C60H39N3. The Bertz CT molecular complexity index is 3610. The molecule has 0 spiro atoms. The van der Waals surface area contributed by atoms with Crippen molar-refractivity contribution in [1.29, 1.82) is 0 Å². The molecule has 0 fully saturated rings. The summed E-state index contributed by atoms with van der Waals surface area (Å²) >= 11 is 0. The van der Waals surface area contributed by atoms with Gasteiger partial charge in [-0.05, 0) is 93.2 Å². The lowest BCUT2D eigenvalue weighted by atomic mass is 9.89. The molecule has 0 aliphatic heterocycles. The molecule has 3 aromatic heterocycles. The van der Waals surface area contributed by atoms with Gasteiger partial charge in [-0.3, -0.25) is 0 Å². The third-order valence-electron chi connectivity index (χ3n) is 12.3. The number of benzene rings is 9. The second-order valence-corrected chi connectivity index (χ2v) is 16.1. The van der Waals surface area contributed by atoms with Crippen molar-refractivity contribution in [2.45, 2.75) is 0 Å². The average Bonchev–Trinajstić information content (AvgIpc) is 3.71. The highest BCUT2D eigenvalue weighted by Gasteiger charge is 2.19. The second kappa shape index (κ2) is 15.3. The minimum absolute atomic E-state index is 0.914. The molecule has 0 unspecified atom stereocenters. The van der Waals surface area contributed by atoms with Crippen LogP contribution in [0.25, 0.3) is 116 Å². The molecule has 3 nitrogen and oxygen atoms in total. The van der Waals surface area contributed by atoms with Gasteiger partial charge in [0.1, 0.15) is 0 Å². The third-order valence-corrected chi connectivity index (χ3v) is 12.3. The summed E-state index contributed by atoms with van der Waals surface area (Å²) in [6, 6.07) is 84.6. The number of fused-ring (bicyclic) bond motifs is 6. The van der Waals surface area contributed by atoms with E-state index in [2.05, 4.69) is 241 Å². The van der Waals surface area contributed by atoms with E-state index in [0.717, 1.165) is 78.2 Å². The molecule has 63 heavy (non-hydrogen) atoms. The van der Waals surface area contributed by atoms with Crippen LogP contribution in [0.15, 0.2) is 237 Å². The first-order valence-electron chi connectivity index (χ1n) is 21.5. The fraction of sp³-hybridized carbons (Fsp3) is 0. The van der Waals surface area contributed by atoms with Crippen LogP contribution in [-0.2, 0) is 0 Å². The van der Waals surface area contributed by atoms with E-state index in [1.165, 1.54) is 38.1 Å². The Morgan fingerprint density at radius 2 is 0.794 bits per heavy atom. The molecule has 294 valence electrons. The topological polar surface area (TPSA) is 30.7 Å². The number of aromatic nitrogens is 3. The minimum Gasteiger partial charge on any atom is -0.309 e. The van der Waals surface area contributed by atoms with Crippen LogP contribution in [0.3, 0.4) is 0 Å². The summed E-state index contributed by atoms with van der Waals surface area (Å²) in [4.78, 5) is 10.9. The molecule has 0 atom stereocenters. The molecule has 3 heterocycles. The largest absolute Gasteiger partial charge is 0.309 e. The summed E-state index contributed by atoms with van der Waals surface area (Å²) in [7, 11) is 0. The molecule has 12 rings (SSSR count). The third kappa shape index (κ3) is 6.46. The van der Waals surface area contributed by atoms with Gasteiger partial charge in [-0.1, -0.05) is 182 Å². The van der Waals surface area contributed by atoms with Gasteiger partial charge in [0.25, 0.3) is 0 Å². The van der Waals surface area contributed by atoms with E-state index >= 15 is 0 Å². The lowest BCUT2D eigenvalue weighted by molar-refractivity contribution is 1.18. The van der Waals surface area contributed by atoms with E-state index in [4.69, 9.17) is 9.97 Å². The maximum Gasteiger partial charge on any atom is 0.0800 e. The Morgan fingerprint density at radius 3 is 1.48 bits per heavy atom. The monoisotopic (exact) mass is 801 g/mol. The van der Waals surface area contributed by atoms with Crippen LogP contribution in [0.2, 0.25) is 0 Å². The van der Waals surface area contributed by atoms with Crippen molar-refractivity contribution in [3.63, 3.8) is 0 Å². The highest BCUT2D eigenvalue weighted by molar-refractivity contribution is 6.18. The fourth-order valence-electron chi connectivity index (χ4n) is 9.38. The molecule has 0 bridgehead atoms. The quantitative estimate of drug-likeness (QED) is 0.150. The molecule has 0 saturated carbocycles. The normalized spacial score (nSPS) is 11.5. The molecule has 0 N–H and O–H groups in total. The van der Waals surface area contributed by atoms with Gasteiger partial charge < -0.3 is 4.57 Å². The van der Waals surface area contributed by atoms with E-state index in [1.807, 2.05) is 0 Å². The van der Waals surface area contributed by atoms with Gasteiger partial charge in [0.05, 0.1) is 33.6 Å². The van der Waals surface area contributed by atoms with Crippen LogP contribution >= 0.6 is 0 Å². The minimum atomic E-state index is 0.914. The van der Waals surface area contributed by atoms with Gasteiger partial charge in [-0.15, -0.1) is 0 Å². The van der Waals surface area contributed by atoms with E-state index in [1.54, 1.807) is 0 Å². The zero-order valence-corrected chi connectivity index (χ0v) is 34.4. The SMILES string of the molecule is c1ccc(-c2cc(-c3cccc(-c4cc5ccccc5c5c(-c6ccccc6)cc(-c6ccccc6)nc45)c3)cc(-c3cccc(-n4c5ccccc5c5ccccc54)c3)n2)cc1. The van der Waals surface area contributed by atoms with Crippen LogP contribution in [0.4, 0.5) is 0 Å². The summed E-state index contributed by atoms with van der Waals surface area (Å²) in [5, 5.41) is 6.00. The highest BCUT2D eigenvalue weighted by Crippen LogP contribution is 2.43. The van der Waals surface area contributed by atoms with Crippen molar-refractivity contribution in [2.75, 3.05) is 0 Å².